The van der Waals surface area contributed by atoms with E-state index < -0.39 is 0 Å². The van der Waals surface area contributed by atoms with Crippen molar-refractivity contribution in [2.24, 2.45) is 0 Å². The third-order valence-electron chi connectivity index (χ3n) is 5.03. The number of aromatic amines is 1. The van der Waals surface area contributed by atoms with Gasteiger partial charge in [-0.1, -0.05) is 31.5 Å². The number of carbonyl (C=O) groups excluding carboxylic acids is 1. The molecule has 0 atom stereocenters. The van der Waals surface area contributed by atoms with Gasteiger partial charge in [-0.15, -0.1) is 5.10 Å². The van der Waals surface area contributed by atoms with Crippen LogP contribution in [-0.2, 0) is 0 Å². The Hall–Kier alpha value is -3.85. The molecular weight excluding hydrogens is 444 g/mol. The van der Waals surface area contributed by atoms with Crippen LogP contribution in [0.1, 0.15) is 35.8 Å². The number of nitrogens with zero attached hydrogens (tertiary/aromatic N) is 4. The number of rotatable bonds is 7. The Kier molecular flexibility index (Phi) is 6.32. The van der Waals surface area contributed by atoms with Gasteiger partial charge in [0.05, 0.1) is 42.9 Å². The highest BCUT2D eigenvalue weighted by atomic mass is 35.5. The fourth-order valence-corrected chi connectivity index (χ4v) is 3.69. The van der Waals surface area contributed by atoms with Crippen molar-refractivity contribution in [1.82, 2.24) is 25.0 Å². The lowest BCUT2D eigenvalue weighted by molar-refractivity contribution is 0.102. The monoisotopic (exact) mass is 466 g/mol. The molecule has 0 saturated carbocycles. The highest BCUT2D eigenvalue weighted by Gasteiger charge is 2.22. The van der Waals surface area contributed by atoms with E-state index in [9.17, 15) is 4.79 Å². The molecule has 33 heavy (non-hydrogen) atoms. The zero-order chi connectivity index (χ0) is 23.5. The van der Waals surface area contributed by atoms with Gasteiger partial charge in [-0.3, -0.25) is 15.2 Å². The molecular formula is C23H23ClN6O3. The molecule has 0 spiro atoms. The predicted octanol–water partition coefficient (Wildman–Crippen LogP) is 4.70. The molecule has 2 heterocycles. The molecule has 0 saturated heterocycles. The van der Waals surface area contributed by atoms with Crippen LogP contribution >= 0.6 is 11.6 Å². The number of aromatic nitrogens is 5. The third-order valence-corrected chi connectivity index (χ3v) is 5.26. The smallest absolute Gasteiger partial charge is 0.261 e. The first-order valence-corrected chi connectivity index (χ1v) is 10.6. The summed E-state index contributed by atoms with van der Waals surface area (Å²) < 4.78 is 12.4. The van der Waals surface area contributed by atoms with Crippen molar-refractivity contribution in [3.63, 3.8) is 0 Å². The number of anilines is 1. The van der Waals surface area contributed by atoms with E-state index in [0.717, 1.165) is 11.4 Å². The number of methoxy groups -OCH3 is 2. The fourth-order valence-electron chi connectivity index (χ4n) is 3.50. The molecule has 0 aliphatic rings. The molecule has 170 valence electrons. The summed E-state index contributed by atoms with van der Waals surface area (Å²) >= 11 is 6.14. The number of benzene rings is 2. The Morgan fingerprint density at radius 2 is 1.97 bits per heavy atom. The van der Waals surface area contributed by atoms with Crippen molar-refractivity contribution in [3.05, 3.63) is 64.9 Å². The fraction of sp³-hybridized carbons (Fsp3) is 0.217. The van der Waals surface area contributed by atoms with Crippen LogP contribution in [0.15, 0.2) is 48.7 Å². The molecule has 9 nitrogen and oxygen atoms in total. The number of nitrogens with one attached hydrogen (secondary N) is 2. The van der Waals surface area contributed by atoms with E-state index in [0.29, 0.717) is 33.5 Å². The molecule has 0 radical (unpaired) electrons. The molecule has 2 N–H and O–H groups in total. The van der Waals surface area contributed by atoms with Crippen LogP contribution in [0.5, 0.6) is 11.5 Å². The van der Waals surface area contributed by atoms with E-state index in [2.05, 4.69) is 25.6 Å². The van der Waals surface area contributed by atoms with Crippen LogP contribution in [-0.4, -0.2) is 45.1 Å². The van der Waals surface area contributed by atoms with Gasteiger partial charge in [0.25, 0.3) is 5.91 Å². The lowest BCUT2D eigenvalue weighted by Gasteiger charge is -2.12. The Labute approximate surface area is 195 Å². The number of H-pyrrole nitrogens is 1. The van der Waals surface area contributed by atoms with Gasteiger partial charge in [0.1, 0.15) is 11.5 Å². The first-order valence-electron chi connectivity index (χ1n) is 10.2. The van der Waals surface area contributed by atoms with Crippen molar-refractivity contribution >= 4 is 23.5 Å². The normalized spacial score (nSPS) is 11.0. The summed E-state index contributed by atoms with van der Waals surface area (Å²) in [4.78, 5) is 17.5. The van der Waals surface area contributed by atoms with E-state index in [1.807, 2.05) is 26.0 Å². The number of halogens is 1. The summed E-state index contributed by atoms with van der Waals surface area (Å²) in [6.07, 6.45) is 1.53. The van der Waals surface area contributed by atoms with E-state index in [1.165, 1.54) is 6.20 Å². The van der Waals surface area contributed by atoms with Gasteiger partial charge in [-0.25, -0.2) is 4.68 Å². The molecule has 2 aromatic heterocycles. The SMILES string of the molecule is COc1ccc(-c2nc(NC(=O)c3cnn(-c4cccc(Cl)c4)c3C(C)C)n[nH]2)c(OC)c1. The highest BCUT2D eigenvalue weighted by molar-refractivity contribution is 6.30. The molecule has 2 aromatic carbocycles. The standard InChI is InChI=1S/C23H23ClN6O3/c1-13(2)20-18(12-25-30(20)15-7-5-6-14(24)10-15)22(31)27-23-26-21(28-29-23)17-9-8-16(32-3)11-19(17)33-4/h5-13H,1-4H3,(H2,26,27,28,29,31). The van der Waals surface area contributed by atoms with Gasteiger partial charge in [-0.05, 0) is 36.2 Å². The summed E-state index contributed by atoms with van der Waals surface area (Å²) in [5.41, 5.74) is 2.64. The topological polar surface area (TPSA) is 107 Å². The maximum atomic E-state index is 13.1. The second kappa shape index (κ2) is 9.33. The van der Waals surface area contributed by atoms with Gasteiger partial charge in [0.15, 0.2) is 5.82 Å². The van der Waals surface area contributed by atoms with E-state index in [4.69, 9.17) is 21.1 Å². The maximum Gasteiger partial charge on any atom is 0.261 e. The van der Waals surface area contributed by atoms with Gasteiger partial charge >= 0.3 is 0 Å². The second-order valence-corrected chi connectivity index (χ2v) is 7.95. The number of hydrogen-bond acceptors (Lipinski definition) is 6. The molecule has 0 fully saturated rings. The lowest BCUT2D eigenvalue weighted by Crippen LogP contribution is -2.16. The predicted molar refractivity (Wildman–Crippen MR) is 126 cm³/mol. The molecule has 0 unspecified atom stereocenters. The minimum absolute atomic E-state index is 0.0264. The van der Waals surface area contributed by atoms with Crippen molar-refractivity contribution in [1.29, 1.82) is 0 Å². The third kappa shape index (κ3) is 4.54. The first kappa shape index (κ1) is 22.3. The first-order chi connectivity index (χ1) is 15.9. The second-order valence-electron chi connectivity index (χ2n) is 7.52. The summed E-state index contributed by atoms with van der Waals surface area (Å²) in [6.45, 7) is 3.99. The quantitative estimate of drug-likeness (QED) is 0.408. The lowest BCUT2D eigenvalue weighted by atomic mass is 10.1. The molecule has 10 heteroatoms. The van der Waals surface area contributed by atoms with Crippen LogP contribution in [0.4, 0.5) is 5.95 Å². The average molecular weight is 467 g/mol. The zero-order valence-electron chi connectivity index (χ0n) is 18.6. The summed E-state index contributed by atoms with van der Waals surface area (Å²) in [5.74, 6) is 1.47. The van der Waals surface area contributed by atoms with Gasteiger partial charge in [0.2, 0.25) is 5.95 Å². The summed E-state index contributed by atoms with van der Waals surface area (Å²) in [6, 6.07) is 12.6. The number of ether oxygens (including phenoxy) is 2. The van der Waals surface area contributed by atoms with Crippen LogP contribution in [0.25, 0.3) is 17.1 Å². The summed E-state index contributed by atoms with van der Waals surface area (Å²) in [7, 11) is 3.14. The Bertz CT molecular complexity index is 1300. The molecule has 0 aliphatic carbocycles. The minimum atomic E-state index is -0.362. The Morgan fingerprint density at radius 3 is 2.67 bits per heavy atom. The van der Waals surface area contributed by atoms with E-state index in [1.54, 1.807) is 49.2 Å². The van der Waals surface area contributed by atoms with Crippen molar-refractivity contribution in [2.45, 2.75) is 19.8 Å². The van der Waals surface area contributed by atoms with Crippen LogP contribution in [0.2, 0.25) is 5.02 Å². The number of carbonyl (C=O) groups is 1. The molecule has 0 bridgehead atoms. The number of amides is 1. The van der Waals surface area contributed by atoms with Crippen molar-refractivity contribution in [2.75, 3.05) is 19.5 Å². The highest BCUT2D eigenvalue weighted by Crippen LogP contribution is 2.32. The van der Waals surface area contributed by atoms with Gasteiger partial charge in [-0.2, -0.15) is 10.1 Å². The zero-order valence-corrected chi connectivity index (χ0v) is 19.3. The van der Waals surface area contributed by atoms with Gasteiger partial charge in [0, 0.05) is 11.1 Å². The van der Waals surface area contributed by atoms with Crippen LogP contribution in [0, 0.1) is 0 Å². The van der Waals surface area contributed by atoms with E-state index >= 15 is 0 Å². The van der Waals surface area contributed by atoms with Crippen molar-refractivity contribution < 1.29 is 14.3 Å². The van der Waals surface area contributed by atoms with Crippen molar-refractivity contribution in [3.8, 4) is 28.6 Å². The molecule has 4 rings (SSSR count). The molecule has 4 aromatic rings. The average Bonchev–Trinajstić information content (AvgIpc) is 3.46. The van der Waals surface area contributed by atoms with E-state index in [-0.39, 0.29) is 17.8 Å². The maximum absolute atomic E-state index is 13.1. The minimum Gasteiger partial charge on any atom is -0.497 e. The van der Waals surface area contributed by atoms with Gasteiger partial charge < -0.3 is 9.47 Å². The van der Waals surface area contributed by atoms with Crippen LogP contribution in [0.3, 0.4) is 0 Å². The molecule has 0 aliphatic heterocycles. The largest absolute Gasteiger partial charge is 0.497 e. The molecule has 1 amide bonds. The Balaban J connectivity index is 1.61. The Morgan fingerprint density at radius 1 is 1.15 bits per heavy atom. The summed E-state index contributed by atoms with van der Waals surface area (Å²) in [5, 5.41) is 14.7. The van der Waals surface area contributed by atoms with Crippen LogP contribution < -0.4 is 14.8 Å². The number of hydrogen-bond donors (Lipinski definition) is 2.